The largest absolute Gasteiger partial charge is 0.461 e. The highest BCUT2D eigenvalue weighted by Crippen LogP contribution is 2.48. The zero-order chi connectivity index (χ0) is 22.1. The van der Waals surface area contributed by atoms with Crippen molar-refractivity contribution in [2.24, 2.45) is 5.92 Å². The SMILES string of the molecule is CC[NH+]1CC2=C(O[C@@]3(O)CC[NH+](CC)C[C@H]3[C@@H]2c2ccccc2)/C(=C/c2ccccc2)C1. The lowest BCUT2D eigenvalue weighted by Gasteiger charge is -2.51. The minimum absolute atomic E-state index is 0.0709. The lowest BCUT2D eigenvalue weighted by atomic mass is 9.70. The zero-order valence-electron chi connectivity index (χ0n) is 19.3. The van der Waals surface area contributed by atoms with Gasteiger partial charge in [-0.05, 0) is 31.1 Å². The summed E-state index contributed by atoms with van der Waals surface area (Å²) in [6.45, 7) is 10.5. The van der Waals surface area contributed by atoms with Crippen LogP contribution in [0.1, 0.15) is 37.3 Å². The number of benzene rings is 2. The van der Waals surface area contributed by atoms with Crippen molar-refractivity contribution in [2.45, 2.75) is 32.0 Å². The molecule has 2 aromatic rings. The molecule has 0 amide bonds. The third kappa shape index (κ3) is 3.92. The number of piperidine rings is 1. The van der Waals surface area contributed by atoms with Crippen molar-refractivity contribution in [3.63, 3.8) is 0 Å². The number of fused-ring (bicyclic) bond motifs is 1. The predicted molar refractivity (Wildman–Crippen MR) is 127 cm³/mol. The predicted octanol–water partition coefficient (Wildman–Crippen LogP) is 1.67. The highest BCUT2D eigenvalue weighted by molar-refractivity contribution is 5.60. The monoisotopic (exact) mass is 432 g/mol. The summed E-state index contributed by atoms with van der Waals surface area (Å²) in [5.74, 6) is 0.116. The third-order valence-corrected chi connectivity index (χ3v) is 7.74. The van der Waals surface area contributed by atoms with Crippen LogP contribution in [-0.2, 0) is 4.74 Å². The van der Waals surface area contributed by atoms with E-state index in [-0.39, 0.29) is 11.8 Å². The fourth-order valence-electron chi connectivity index (χ4n) is 5.92. The van der Waals surface area contributed by atoms with Crippen molar-refractivity contribution >= 4 is 6.08 Å². The molecule has 3 aliphatic heterocycles. The lowest BCUT2D eigenvalue weighted by Crippen LogP contribution is -3.15. The maximum absolute atomic E-state index is 11.9. The molecular formula is C28H36N2O2+2. The number of likely N-dealkylation sites (N-methyl/N-ethyl adjacent to an activating group) is 1. The summed E-state index contributed by atoms with van der Waals surface area (Å²) < 4.78 is 6.64. The van der Waals surface area contributed by atoms with Gasteiger partial charge >= 0.3 is 0 Å². The van der Waals surface area contributed by atoms with Crippen molar-refractivity contribution in [1.82, 2.24) is 0 Å². The normalized spacial score (nSPS) is 33.4. The number of aliphatic hydroxyl groups is 1. The Morgan fingerprint density at radius 3 is 2.34 bits per heavy atom. The Balaban J connectivity index is 1.66. The van der Waals surface area contributed by atoms with E-state index >= 15 is 0 Å². The minimum Gasteiger partial charge on any atom is -0.461 e. The summed E-state index contributed by atoms with van der Waals surface area (Å²) in [5, 5.41) is 11.9. The summed E-state index contributed by atoms with van der Waals surface area (Å²) in [4.78, 5) is 3.11. The van der Waals surface area contributed by atoms with Crippen LogP contribution in [0, 0.1) is 5.92 Å². The molecule has 4 heteroatoms. The first-order valence-corrected chi connectivity index (χ1v) is 12.2. The van der Waals surface area contributed by atoms with Crippen LogP contribution in [0.5, 0.6) is 0 Å². The van der Waals surface area contributed by atoms with Crippen molar-refractivity contribution < 1.29 is 19.6 Å². The number of quaternary nitrogens is 2. The smallest absolute Gasteiger partial charge is 0.222 e. The molecule has 3 N–H and O–H groups in total. The number of ether oxygens (including phenoxy) is 1. The van der Waals surface area contributed by atoms with Crippen LogP contribution in [-0.4, -0.2) is 50.2 Å². The van der Waals surface area contributed by atoms with Crippen LogP contribution >= 0.6 is 0 Å². The van der Waals surface area contributed by atoms with Crippen LogP contribution in [0.2, 0.25) is 0 Å². The van der Waals surface area contributed by atoms with Crippen LogP contribution in [0.3, 0.4) is 0 Å². The van der Waals surface area contributed by atoms with Crippen molar-refractivity contribution in [1.29, 1.82) is 0 Å². The van der Waals surface area contributed by atoms with Gasteiger partial charge in [-0.2, -0.15) is 0 Å². The van der Waals surface area contributed by atoms with Gasteiger partial charge in [-0.25, -0.2) is 0 Å². The standard InChI is InChI=1S/C28H34N2O2/c1-3-29-16-15-28(31)25(20-29)26(22-13-9-6-10-14-22)24-19-30(4-2)18-23(27(24)32-28)17-21-11-7-5-8-12-21/h5-14,17,25-26,31H,3-4,15-16,18-20H2,1-2H3/p+2/b23-17+/t25-,26+,28-/m0/s1. The molecule has 0 bridgehead atoms. The highest BCUT2D eigenvalue weighted by atomic mass is 16.6. The number of hydrogen-bond donors (Lipinski definition) is 3. The minimum atomic E-state index is -1.10. The van der Waals surface area contributed by atoms with Gasteiger partial charge < -0.3 is 19.6 Å². The summed E-state index contributed by atoms with van der Waals surface area (Å²) >= 11 is 0. The summed E-state index contributed by atoms with van der Waals surface area (Å²) in [7, 11) is 0. The molecule has 0 spiro atoms. The van der Waals surface area contributed by atoms with Crippen molar-refractivity contribution in [3.05, 3.63) is 88.7 Å². The molecule has 0 aromatic heterocycles. The van der Waals surface area contributed by atoms with Gasteiger partial charge in [0.1, 0.15) is 18.8 Å². The molecule has 1 fully saturated rings. The van der Waals surface area contributed by atoms with Gasteiger partial charge in [0.05, 0.1) is 38.5 Å². The fourth-order valence-corrected chi connectivity index (χ4v) is 5.92. The second kappa shape index (κ2) is 8.86. The Labute approximate surface area is 191 Å². The van der Waals surface area contributed by atoms with Gasteiger partial charge in [0.25, 0.3) is 0 Å². The lowest BCUT2D eigenvalue weighted by molar-refractivity contribution is -0.912. The molecule has 0 radical (unpaired) electrons. The summed E-state index contributed by atoms with van der Waals surface area (Å²) in [6, 6.07) is 21.3. The Morgan fingerprint density at radius 1 is 0.969 bits per heavy atom. The number of rotatable bonds is 4. The molecule has 4 nitrogen and oxygen atoms in total. The molecule has 3 heterocycles. The van der Waals surface area contributed by atoms with Gasteiger partial charge in [-0.3, -0.25) is 0 Å². The maximum Gasteiger partial charge on any atom is 0.222 e. The van der Waals surface area contributed by atoms with E-state index in [1.807, 2.05) is 0 Å². The van der Waals surface area contributed by atoms with Crippen LogP contribution in [0.4, 0.5) is 0 Å². The second-order valence-electron chi connectivity index (χ2n) is 9.64. The number of likely N-dealkylation sites (tertiary alicyclic amines) is 1. The van der Waals surface area contributed by atoms with E-state index in [0.717, 1.165) is 45.0 Å². The van der Waals surface area contributed by atoms with Crippen molar-refractivity contribution in [2.75, 3.05) is 39.3 Å². The van der Waals surface area contributed by atoms with Crippen LogP contribution in [0.15, 0.2) is 77.6 Å². The second-order valence-corrected chi connectivity index (χ2v) is 9.64. The van der Waals surface area contributed by atoms with E-state index < -0.39 is 5.79 Å². The van der Waals surface area contributed by atoms with E-state index in [0.29, 0.717) is 6.42 Å². The Morgan fingerprint density at radius 2 is 1.66 bits per heavy atom. The molecule has 32 heavy (non-hydrogen) atoms. The summed E-state index contributed by atoms with van der Waals surface area (Å²) in [5.41, 5.74) is 5.08. The Hall–Kier alpha value is -2.40. The van der Waals surface area contributed by atoms with Crippen LogP contribution in [0.25, 0.3) is 6.08 Å². The first-order chi connectivity index (χ1) is 15.6. The first-order valence-electron chi connectivity index (χ1n) is 12.2. The zero-order valence-corrected chi connectivity index (χ0v) is 19.3. The van der Waals surface area contributed by atoms with Gasteiger partial charge in [0, 0.05) is 17.1 Å². The summed E-state index contributed by atoms with van der Waals surface area (Å²) in [6.07, 6.45) is 2.95. The average Bonchev–Trinajstić information content (AvgIpc) is 2.83. The average molecular weight is 433 g/mol. The maximum atomic E-state index is 11.9. The van der Waals surface area contributed by atoms with Gasteiger partial charge in [0.15, 0.2) is 0 Å². The van der Waals surface area contributed by atoms with E-state index in [2.05, 4.69) is 80.6 Å². The molecule has 1 saturated heterocycles. The first kappa shape index (κ1) is 21.4. The van der Waals surface area contributed by atoms with E-state index in [1.165, 1.54) is 22.3 Å². The highest BCUT2D eigenvalue weighted by Gasteiger charge is 2.56. The third-order valence-electron chi connectivity index (χ3n) is 7.74. The molecule has 0 aliphatic carbocycles. The van der Waals surface area contributed by atoms with Gasteiger partial charge in [0.2, 0.25) is 5.79 Å². The van der Waals surface area contributed by atoms with E-state index in [9.17, 15) is 5.11 Å². The quantitative estimate of drug-likeness (QED) is 0.688. The van der Waals surface area contributed by atoms with Gasteiger partial charge in [-0.1, -0.05) is 60.7 Å². The molecular weight excluding hydrogens is 396 g/mol. The molecule has 5 atom stereocenters. The Kier molecular flexibility index (Phi) is 5.93. The van der Waals surface area contributed by atoms with Crippen LogP contribution < -0.4 is 9.80 Å². The fraction of sp³-hybridized carbons (Fsp3) is 0.429. The van der Waals surface area contributed by atoms with Crippen molar-refractivity contribution in [3.8, 4) is 0 Å². The molecule has 2 aromatic carbocycles. The number of nitrogens with one attached hydrogen (secondary N) is 2. The number of hydrogen-bond acceptors (Lipinski definition) is 2. The topological polar surface area (TPSA) is 38.3 Å². The van der Waals surface area contributed by atoms with Gasteiger partial charge in [-0.15, -0.1) is 0 Å². The molecule has 168 valence electrons. The van der Waals surface area contributed by atoms with E-state index in [1.54, 1.807) is 9.80 Å². The molecule has 3 aliphatic rings. The Bertz CT molecular complexity index is 1000. The molecule has 2 unspecified atom stereocenters. The molecule has 5 rings (SSSR count). The van der Waals surface area contributed by atoms with E-state index in [4.69, 9.17) is 4.74 Å². The molecule has 0 saturated carbocycles.